The summed E-state index contributed by atoms with van der Waals surface area (Å²) in [6.07, 6.45) is 0. The van der Waals surface area contributed by atoms with Gasteiger partial charge in [0.25, 0.3) is 0 Å². The van der Waals surface area contributed by atoms with Crippen LogP contribution in [-0.2, 0) is 11.3 Å². The van der Waals surface area contributed by atoms with Crippen molar-refractivity contribution < 1.29 is 23.4 Å². The lowest BCUT2D eigenvalue weighted by molar-refractivity contribution is -0.142. The van der Waals surface area contributed by atoms with Crippen molar-refractivity contribution in [3.8, 4) is 5.75 Å². The quantitative estimate of drug-likeness (QED) is 0.876. The van der Waals surface area contributed by atoms with E-state index in [-0.39, 0.29) is 10.8 Å². The summed E-state index contributed by atoms with van der Waals surface area (Å²) in [6.45, 7) is -1.04. The summed E-state index contributed by atoms with van der Waals surface area (Å²) in [5.41, 5.74) is 0.710. The molecule has 1 unspecified atom stereocenters. The van der Waals surface area contributed by atoms with Gasteiger partial charge < -0.3 is 9.84 Å². The zero-order valence-electron chi connectivity index (χ0n) is 10.4. The number of aliphatic carboxylic acids is 1. The van der Waals surface area contributed by atoms with Crippen LogP contribution in [-0.4, -0.2) is 35.7 Å². The maximum absolute atomic E-state index is 12.1. The van der Waals surface area contributed by atoms with Gasteiger partial charge in [-0.3, -0.25) is 9.69 Å². The van der Waals surface area contributed by atoms with E-state index >= 15 is 0 Å². The van der Waals surface area contributed by atoms with Crippen LogP contribution in [0.25, 0.3) is 0 Å². The lowest BCUT2D eigenvalue weighted by atomic mass is 10.2. The molecular formula is C12H14ClF2NO3. The van der Waals surface area contributed by atoms with Gasteiger partial charge >= 0.3 is 12.6 Å². The fourth-order valence-corrected chi connectivity index (χ4v) is 1.70. The van der Waals surface area contributed by atoms with Crippen LogP contribution in [0.4, 0.5) is 8.78 Å². The van der Waals surface area contributed by atoms with Crippen LogP contribution < -0.4 is 4.74 Å². The Bertz CT molecular complexity index is 457. The van der Waals surface area contributed by atoms with Crippen molar-refractivity contribution in [2.75, 3.05) is 7.05 Å². The Labute approximate surface area is 114 Å². The highest BCUT2D eigenvalue weighted by molar-refractivity contribution is 6.32. The fourth-order valence-electron chi connectivity index (χ4n) is 1.45. The van der Waals surface area contributed by atoms with Crippen molar-refractivity contribution in [1.29, 1.82) is 0 Å². The van der Waals surface area contributed by atoms with Crippen molar-refractivity contribution in [1.82, 2.24) is 4.90 Å². The summed E-state index contributed by atoms with van der Waals surface area (Å²) in [7, 11) is 1.65. The molecule has 1 rings (SSSR count). The Morgan fingerprint density at radius 2 is 2.16 bits per heavy atom. The first-order valence-electron chi connectivity index (χ1n) is 5.47. The van der Waals surface area contributed by atoms with E-state index in [2.05, 4.69) is 4.74 Å². The van der Waals surface area contributed by atoms with Gasteiger partial charge in [-0.25, -0.2) is 0 Å². The molecule has 0 bridgehead atoms. The van der Waals surface area contributed by atoms with Gasteiger partial charge in [-0.05, 0) is 31.7 Å². The van der Waals surface area contributed by atoms with Gasteiger partial charge in [-0.2, -0.15) is 8.78 Å². The second-order valence-electron chi connectivity index (χ2n) is 4.07. The molecule has 7 heteroatoms. The number of carboxylic acid groups (broad SMARTS) is 1. The highest BCUT2D eigenvalue weighted by Gasteiger charge is 2.17. The first-order chi connectivity index (χ1) is 8.81. The van der Waals surface area contributed by atoms with E-state index in [9.17, 15) is 13.6 Å². The molecule has 106 valence electrons. The van der Waals surface area contributed by atoms with E-state index < -0.39 is 18.6 Å². The SMILES string of the molecule is CC(C(=O)O)N(C)Cc1ccc(OC(F)F)c(Cl)c1. The van der Waals surface area contributed by atoms with Crippen LogP contribution in [0.3, 0.4) is 0 Å². The highest BCUT2D eigenvalue weighted by Crippen LogP contribution is 2.27. The molecule has 0 heterocycles. The number of hydrogen-bond acceptors (Lipinski definition) is 3. The number of carboxylic acids is 1. The van der Waals surface area contributed by atoms with E-state index in [1.54, 1.807) is 24.9 Å². The molecule has 4 nitrogen and oxygen atoms in total. The molecule has 1 aromatic rings. The van der Waals surface area contributed by atoms with Crippen molar-refractivity contribution in [3.63, 3.8) is 0 Å². The van der Waals surface area contributed by atoms with E-state index in [1.165, 1.54) is 12.1 Å². The van der Waals surface area contributed by atoms with Crippen LogP contribution >= 0.6 is 11.6 Å². The fraction of sp³-hybridized carbons (Fsp3) is 0.417. The summed E-state index contributed by atoms with van der Waals surface area (Å²) < 4.78 is 28.3. The lowest BCUT2D eigenvalue weighted by Gasteiger charge is -2.21. The number of hydrogen-bond donors (Lipinski definition) is 1. The van der Waals surface area contributed by atoms with E-state index in [0.717, 1.165) is 0 Å². The number of alkyl halides is 2. The predicted molar refractivity (Wildman–Crippen MR) is 66.6 cm³/mol. The molecule has 0 aliphatic carbocycles. The summed E-state index contributed by atoms with van der Waals surface area (Å²) in [5, 5.41) is 8.92. The van der Waals surface area contributed by atoms with Crippen LogP contribution in [0.1, 0.15) is 12.5 Å². The Morgan fingerprint density at radius 1 is 1.53 bits per heavy atom. The summed E-state index contributed by atoms with van der Waals surface area (Å²) >= 11 is 5.81. The molecular weight excluding hydrogens is 280 g/mol. The van der Waals surface area contributed by atoms with E-state index in [0.29, 0.717) is 12.1 Å². The van der Waals surface area contributed by atoms with Crippen molar-refractivity contribution in [3.05, 3.63) is 28.8 Å². The minimum Gasteiger partial charge on any atom is -0.480 e. The van der Waals surface area contributed by atoms with E-state index in [1.807, 2.05) is 0 Å². The Kier molecular flexibility index (Phi) is 5.50. The molecule has 0 fully saturated rings. The van der Waals surface area contributed by atoms with Gasteiger partial charge in [0.2, 0.25) is 0 Å². The molecule has 0 amide bonds. The number of likely N-dealkylation sites (N-methyl/N-ethyl adjacent to an activating group) is 1. The first kappa shape index (κ1) is 15.7. The molecule has 0 aromatic heterocycles. The number of ether oxygens (including phenoxy) is 1. The molecule has 0 saturated heterocycles. The zero-order chi connectivity index (χ0) is 14.6. The second-order valence-corrected chi connectivity index (χ2v) is 4.48. The lowest BCUT2D eigenvalue weighted by Crippen LogP contribution is -2.35. The van der Waals surface area contributed by atoms with Crippen LogP contribution in [0.5, 0.6) is 5.75 Å². The minimum absolute atomic E-state index is 0.0641. The summed E-state index contributed by atoms with van der Waals surface area (Å²) in [5.74, 6) is -1.04. The number of nitrogens with zero attached hydrogens (tertiary/aromatic N) is 1. The van der Waals surface area contributed by atoms with Gasteiger partial charge in [-0.15, -0.1) is 0 Å². The van der Waals surface area contributed by atoms with Gasteiger partial charge in [0.05, 0.1) is 5.02 Å². The van der Waals surface area contributed by atoms with Gasteiger partial charge in [0.1, 0.15) is 11.8 Å². The molecule has 1 aromatic carbocycles. The topological polar surface area (TPSA) is 49.8 Å². The number of halogens is 3. The Balaban J connectivity index is 2.76. The third kappa shape index (κ3) is 4.65. The molecule has 0 aliphatic rings. The zero-order valence-corrected chi connectivity index (χ0v) is 11.2. The van der Waals surface area contributed by atoms with Crippen LogP contribution in [0.15, 0.2) is 18.2 Å². The maximum Gasteiger partial charge on any atom is 0.387 e. The molecule has 0 radical (unpaired) electrons. The van der Waals surface area contributed by atoms with Crippen molar-refractivity contribution in [2.45, 2.75) is 26.1 Å². The number of carbonyl (C=O) groups is 1. The average molecular weight is 294 g/mol. The normalized spacial score (nSPS) is 12.8. The molecule has 1 N–H and O–H groups in total. The second kappa shape index (κ2) is 6.68. The van der Waals surface area contributed by atoms with Crippen LogP contribution in [0.2, 0.25) is 5.02 Å². The Hall–Kier alpha value is -1.40. The van der Waals surface area contributed by atoms with Crippen molar-refractivity contribution >= 4 is 17.6 Å². The smallest absolute Gasteiger partial charge is 0.387 e. The first-order valence-corrected chi connectivity index (χ1v) is 5.85. The van der Waals surface area contributed by atoms with Crippen LogP contribution in [0, 0.1) is 0 Å². The summed E-state index contributed by atoms with van der Waals surface area (Å²) in [6, 6.07) is 3.72. The van der Waals surface area contributed by atoms with Gasteiger partial charge in [-0.1, -0.05) is 17.7 Å². The molecule has 19 heavy (non-hydrogen) atoms. The molecule has 1 atom stereocenters. The maximum atomic E-state index is 12.1. The Morgan fingerprint density at radius 3 is 2.63 bits per heavy atom. The minimum atomic E-state index is -2.93. The van der Waals surface area contributed by atoms with E-state index in [4.69, 9.17) is 16.7 Å². The number of benzene rings is 1. The number of rotatable bonds is 6. The highest BCUT2D eigenvalue weighted by atomic mass is 35.5. The van der Waals surface area contributed by atoms with Gasteiger partial charge in [0, 0.05) is 6.54 Å². The third-order valence-electron chi connectivity index (χ3n) is 2.66. The standard InChI is InChI=1S/C12H14ClF2NO3/c1-7(11(17)18)16(2)6-8-3-4-10(9(13)5-8)19-12(14)15/h3-5,7,12H,6H2,1-2H3,(H,17,18). The average Bonchev–Trinajstić information content (AvgIpc) is 2.31. The van der Waals surface area contributed by atoms with Crippen molar-refractivity contribution in [2.24, 2.45) is 0 Å². The third-order valence-corrected chi connectivity index (χ3v) is 2.96. The largest absolute Gasteiger partial charge is 0.480 e. The molecule has 0 saturated carbocycles. The monoisotopic (exact) mass is 293 g/mol. The molecule has 0 aliphatic heterocycles. The molecule has 0 spiro atoms. The summed E-state index contributed by atoms with van der Waals surface area (Å²) in [4.78, 5) is 12.4. The van der Waals surface area contributed by atoms with Gasteiger partial charge in [0.15, 0.2) is 0 Å². The predicted octanol–water partition coefficient (Wildman–Crippen LogP) is 2.85.